The first-order valence-electron chi connectivity index (χ1n) is 7.54. The Morgan fingerprint density at radius 1 is 1.20 bits per heavy atom. The maximum Gasteiger partial charge on any atom is 0.337 e. The molecule has 0 aromatic heterocycles. The van der Waals surface area contributed by atoms with Crippen molar-refractivity contribution in [2.45, 2.75) is 17.9 Å². The van der Waals surface area contributed by atoms with Gasteiger partial charge in [0.15, 0.2) is 0 Å². The van der Waals surface area contributed by atoms with E-state index in [4.69, 9.17) is 4.74 Å². The predicted octanol–water partition coefficient (Wildman–Crippen LogP) is 2.63. The third-order valence-corrected chi connectivity index (χ3v) is 4.76. The molecule has 0 aliphatic heterocycles. The van der Waals surface area contributed by atoms with E-state index in [-0.39, 0.29) is 16.5 Å². The number of anilines is 2. The van der Waals surface area contributed by atoms with Gasteiger partial charge in [-0.3, -0.25) is 4.72 Å². The van der Waals surface area contributed by atoms with Gasteiger partial charge in [0.05, 0.1) is 17.1 Å². The Balaban J connectivity index is 2.33. The van der Waals surface area contributed by atoms with Crippen molar-refractivity contribution in [3.05, 3.63) is 54.1 Å². The van der Waals surface area contributed by atoms with Gasteiger partial charge in [-0.15, -0.1) is 0 Å². The maximum atomic E-state index is 12.5. The van der Waals surface area contributed by atoms with E-state index in [1.807, 2.05) is 6.92 Å². The molecule has 2 aromatic carbocycles. The van der Waals surface area contributed by atoms with E-state index in [0.717, 1.165) is 6.07 Å². The molecule has 7 nitrogen and oxygen atoms in total. The quantitative estimate of drug-likeness (QED) is 0.665. The van der Waals surface area contributed by atoms with Crippen LogP contribution in [0.2, 0.25) is 0 Å². The van der Waals surface area contributed by atoms with E-state index >= 15 is 0 Å². The molecule has 2 aromatic rings. The lowest BCUT2D eigenvalue weighted by Gasteiger charge is -2.17. The number of benzene rings is 2. The highest BCUT2D eigenvalue weighted by molar-refractivity contribution is 7.92. The minimum atomic E-state index is -3.89. The number of hydrogen-bond acceptors (Lipinski definition) is 5. The van der Waals surface area contributed by atoms with Gasteiger partial charge in [0.1, 0.15) is 0 Å². The normalized spacial score (nSPS) is 12.4. The van der Waals surface area contributed by atoms with Gasteiger partial charge in [-0.2, -0.15) is 0 Å². The van der Waals surface area contributed by atoms with E-state index < -0.39 is 16.0 Å². The van der Waals surface area contributed by atoms with Crippen molar-refractivity contribution in [3.63, 3.8) is 0 Å². The standard InChI is InChI=1S/C17H20N2O5S/c1-12(11-24-2)18-16-9-8-14(10-15(16)17(20)21)25(22,23)19-13-6-4-3-5-7-13/h3-10,12,18-19H,11H2,1-2H3,(H,20,21)/t12-/m1/s1. The van der Waals surface area contributed by atoms with Gasteiger partial charge in [0.2, 0.25) is 0 Å². The highest BCUT2D eigenvalue weighted by Gasteiger charge is 2.20. The van der Waals surface area contributed by atoms with Gasteiger partial charge in [0.25, 0.3) is 10.0 Å². The van der Waals surface area contributed by atoms with E-state index in [1.165, 1.54) is 12.1 Å². The Bertz CT molecular complexity index is 837. The number of carboxylic acid groups (broad SMARTS) is 1. The molecule has 2 rings (SSSR count). The Hall–Kier alpha value is -2.58. The fourth-order valence-corrected chi connectivity index (χ4v) is 3.36. The fraction of sp³-hybridized carbons (Fsp3) is 0.235. The molecular weight excluding hydrogens is 344 g/mol. The van der Waals surface area contributed by atoms with Crippen molar-refractivity contribution in [2.24, 2.45) is 0 Å². The number of aromatic carboxylic acids is 1. The van der Waals surface area contributed by atoms with Crippen LogP contribution in [-0.2, 0) is 14.8 Å². The highest BCUT2D eigenvalue weighted by Crippen LogP contribution is 2.23. The summed E-state index contributed by atoms with van der Waals surface area (Å²) in [5.41, 5.74) is 0.602. The number of carbonyl (C=O) groups is 1. The lowest BCUT2D eigenvalue weighted by molar-refractivity contribution is 0.0697. The van der Waals surface area contributed by atoms with E-state index in [9.17, 15) is 18.3 Å². The summed E-state index contributed by atoms with van der Waals surface area (Å²) in [5.74, 6) is -1.22. The van der Waals surface area contributed by atoms with E-state index in [2.05, 4.69) is 10.0 Å². The number of hydrogen-bond donors (Lipinski definition) is 3. The number of carboxylic acids is 1. The first kappa shape index (κ1) is 18.8. The van der Waals surface area contributed by atoms with Crippen LogP contribution in [0, 0.1) is 0 Å². The molecule has 0 aliphatic rings. The summed E-state index contributed by atoms with van der Waals surface area (Å²) in [6, 6.07) is 12.2. The fourth-order valence-electron chi connectivity index (χ4n) is 2.27. The van der Waals surface area contributed by atoms with Crippen molar-refractivity contribution in [1.82, 2.24) is 0 Å². The second-order valence-electron chi connectivity index (χ2n) is 5.48. The molecular formula is C17H20N2O5S. The second-order valence-corrected chi connectivity index (χ2v) is 7.17. The zero-order chi connectivity index (χ0) is 18.4. The van der Waals surface area contributed by atoms with E-state index in [0.29, 0.717) is 18.0 Å². The summed E-state index contributed by atoms with van der Waals surface area (Å²) < 4.78 is 32.4. The van der Waals surface area contributed by atoms with Crippen LogP contribution >= 0.6 is 0 Å². The molecule has 25 heavy (non-hydrogen) atoms. The molecule has 0 saturated carbocycles. The van der Waals surface area contributed by atoms with Crippen LogP contribution < -0.4 is 10.0 Å². The first-order chi connectivity index (χ1) is 11.8. The predicted molar refractivity (Wildman–Crippen MR) is 95.6 cm³/mol. The number of methoxy groups -OCH3 is 1. The van der Waals surface area contributed by atoms with Crippen molar-refractivity contribution in [3.8, 4) is 0 Å². The average Bonchev–Trinajstić information content (AvgIpc) is 2.55. The molecule has 0 bridgehead atoms. The smallest absolute Gasteiger partial charge is 0.337 e. The zero-order valence-corrected chi connectivity index (χ0v) is 14.7. The lowest BCUT2D eigenvalue weighted by atomic mass is 10.1. The first-order valence-corrected chi connectivity index (χ1v) is 9.02. The van der Waals surface area contributed by atoms with Crippen molar-refractivity contribution in [1.29, 1.82) is 0 Å². The van der Waals surface area contributed by atoms with Crippen molar-refractivity contribution < 1.29 is 23.1 Å². The largest absolute Gasteiger partial charge is 0.478 e. The molecule has 0 saturated heterocycles. The van der Waals surface area contributed by atoms with Crippen LogP contribution in [-0.4, -0.2) is 39.3 Å². The number of sulfonamides is 1. The summed E-state index contributed by atoms with van der Waals surface area (Å²) >= 11 is 0. The minimum Gasteiger partial charge on any atom is -0.478 e. The molecule has 8 heteroatoms. The van der Waals surface area contributed by atoms with Crippen LogP contribution in [0.3, 0.4) is 0 Å². The van der Waals surface area contributed by atoms with Gasteiger partial charge in [-0.25, -0.2) is 13.2 Å². The summed E-state index contributed by atoms with van der Waals surface area (Å²) in [7, 11) is -2.35. The molecule has 0 fully saturated rings. The van der Waals surface area contributed by atoms with Gasteiger partial charge in [-0.05, 0) is 37.3 Å². The number of rotatable bonds is 8. The van der Waals surface area contributed by atoms with Gasteiger partial charge in [-0.1, -0.05) is 18.2 Å². The van der Waals surface area contributed by atoms with Crippen molar-refractivity contribution >= 4 is 27.4 Å². The van der Waals surface area contributed by atoms with Crippen LogP contribution in [0.25, 0.3) is 0 Å². The monoisotopic (exact) mass is 364 g/mol. The molecule has 0 unspecified atom stereocenters. The van der Waals surface area contributed by atoms with Gasteiger partial charge >= 0.3 is 5.97 Å². The summed E-state index contributed by atoms with van der Waals surface area (Å²) in [5, 5.41) is 12.4. The molecule has 0 amide bonds. The Kier molecular flexibility index (Phi) is 6.00. The molecule has 0 spiro atoms. The maximum absolute atomic E-state index is 12.5. The molecule has 0 heterocycles. The highest BCUT2D eigenvalue weighted by atomic mass is 32.2. The SMILES string of the molecule is COC[C@@H](C)Nc1ccc(S(=O)(=O)Nc2ccccc2)cc1C(=O)O. The third-order valence-electron chi connectivity index (χ3n) is 3.38. The molecule has 3 N–H and O–H groups in total. The zero-order valence-electron chi connectivity index (χ0n) is 13.9. The van der Waals surface area contributed by atoms with Gasteiger partial charge < -0.3 is 15.2 Å². The minimum absolute atomic E-state index is 0.126. The molecule has 0 aliphatic carbocycles. The number of ether oxygens (including phenoxy) is 1. The van der Waals surface area contributed by atoms with Gasteiger partial charge in [0, 0.05) is 24.5 Å². The van der Waals surface area contributed by atoms with Crippen LogP contribution in [0.15, 0.2) is 53.4 Å². The number of nitrogens with one attached hydrogen (secondary N) is 2. The Morgan fingerprint density at radius 3 is 2.48 bits per heavy atom. The Labute approximate surface area is 146 Å². The molecule has 0 radical (unpaired) electrons. The average molecular weight is 364 g/mol. The van der Waals surface area contributed by atoms with Crippen molar-refractivity contribution in [2.75, 3.05) is 23.8 Å². The third kappa shape index (κ3) is 4.94. The lowest BCUT2D eigenvalue weighted by Crippen LogP contribution is -2.22. The summed E-state index contributed by atoms with van der Waals surface area (Å²) in [6.07, 6.45) is 0. The summed E-state index contributed by atoms with van der Waals surface area (Å²) in [4.78, 5) is 11.4. The second kappa shape index (κ2) is 8.00. The molecule has 1 atom stereocenters. The molecule has 134 valence electrons. The summed E-state index contributed by atoms with van der Waals surface area (Å²) in [6.45, 7) is 2.21. The Morgan fingerprint density at radius 2 is 1.88 bits per heavy atom. The number of para-hydroxylation sites is 1. The van der Waals surface area contributed by atoms with Crippen LogP contribution in [0.1, 0.15) is 17.3 Å². The van der Waals surface area contributed by atoms with E-state index in [1.54, 1.807) is 37.4 Å². The van der Waals surface area contributed by atoms with Crippen LogP contribution in [0.4, 0.5) is 11.4 Å². The van der Waals surface area contributed by atoms with Crippen LogP contribution in [0.5, 0.6) is 0 Å². The topological polar surface area (TPSA) is 105 Å².